The summed E-state index contributed by atoms with van der Waals surface area (Å²) in [5.74, 6) is 0.00118. The minimum Gasteiger partial charge on any atom is -0.507 e. The Labute approximate surface area is 178 Å². The van der Waals surface area contributed by atoms with Crippen LogP contribution in [0.4, 0.5) is 0 Å². The van der Waals surface area contributed by atoms with Gasteiger partial charge in [0, 0.05) is 0 Å². The van der Waals surface area contributed by atoms with Crippen molar-refractivity contribution in [2.45, 2.75) is 58.4 Å². The van der Waals surface area contributed by atoms with E-state index in [1.54, 1.807) is 12.1 Å². The standard InChI is InChI=1S/C24H32ClNO3/c1-4-5-7-10-16(2)17(3)19-13-20(27)23(21(28)14-19)24(26-22(29)15-25)18-11-8-6-9-12-18/h6,8-9,11-14,16-17,24,27-28H,4-5,7,10,15H2,1-3H3,(H,26,29). The van der Waals surface area contributed by atoms with Crippen molar-refractivity contribution in [1.29, 1.82) is 0 Å². The van der Waals surface area contributed by atoms with E-state index in [4.69, 9.17) is 11.6 Å². The number of phenols is 2. The summed E-state index contributed by atoms with van der Waals surface area (Å²) in [5.41, 5.74) is 1.93. The highest BCUT2D eigenvalue weighted by Gasteiger charge is 2.25. The minimum atomic E-state index is -0.686. The van der Waals surface area contributed by atoms with Gasteiger partial charge in [0.25, 0.3) is 0 Å². The molecule has 0 aliphatic carbocycles. The van der Waals surface area contributed by atoms with Gasteiger partial charge in [-0.1, -0.05) is 76.8 Å². The number of alkyl halides is 1. The summed E-state index contributed by atoms with van der Waals surface area (Å²) in [6.07, 6.45) is 4.69. The van der Waals surface area contributed by atoms with Crippen molar-refractivity contribution in [2.75, 3.05) is 5.88 Å². The topological polar surface area (TPSA) is 69.6 Å². The molecule has 0 bridgehead atoms. The number of phenolic OH excluding ortho intramolecular Hbond substituents is 2. The fourth-order valence-corrected chi connectivity index (χ4v) is 3.74. The van der Waals surface area contributed by atoms with Crippen molar-refractivity contribution in [3.8, 4) is 11.5 Å². The molecule has 3 atom stereocenters. The Morgan fingerprint density at radius 3 is 2.21 bits per heavy atom. The molecule has 0 heterocycles. The zero-order valence-corrected chi connectivity index (χ0v) is 18.2. The molecule has 0 saturated heterocycles. The highest BCUT2D eigenvalue weighted by atomic mass is 35.5. The van der Waals surface area contributed by atoms with Gasteiger partial charge in [-0.05, 0) is 35.1 Å². The molecule has 158 valence electrons. The van der Waals surface area contributed by atoms with Crippen LogP contribution in [0, 0.1) is 5.92 Å². The van der Waals surface area contributed by atoms with E-state index in [-0.39, 0.29) is 34.8 Å². The predicted octanol–water partition coefficient (Wildman–Crippen LogP) is 5.86. The fraction of sp³-hybridized carbons (Fsp3) is 0.458. The Morgan fingerprint density at radius 1 is 1.03 bits per heavy atom. The Bertz CT molecular complexity index is 771. The van der Waals surface area contributed by atoms with Crippen molar-refractivity contribution >= 4 is 17.5 Å². The van der Waals surface area contributed by atoms with Crippen LogP contribution in [-0.2, 0) is 4.79 Å². The molecule has 4 nitrogen and oxygen atoms in total. The molecule has 5 heteroatoms. The number of benzene rings is 2. The molecule has 2 aromatic rings. The number of hydrogen-bond donors (Lipinski definition) is 3. The summed E-state index contributed by atoms with van der Waals surface area (Å²) in [6.45, 7) is 6.51. The van der Waals surface area contributed by atoms with Crippen LogP contribution in [-0.4, -0.2) is 22.0 Å². The van der Waals surface area contributed by atoms with Crippen LogP contribution < -0.4 is 5.32 Å². The molecule has 0 spiro atoms. The molecule has 2 aromatic carbocycles. The highest BCUT2D eigenvalue weighted by Crippen LogP contribution is 2.40. The largest absolute Gasteiger partial charge is 0.507 e. The van der Waals surface area contributed by atoms with Crippen molar-refractivity contribution in [3.05, 3.63) is 59.2 Å². The maximum atomic E-state index is 12.0. The van der Waals surface area contributed by atoms with Crippen LogP contribution in [0.5, 0.6) is 11.5 Å². The van der Waals surface area contributed by atoms with Gasteiger partial charge < -0.3 is 15.5 Å². The fourth-order valence-electron chi connectivity index (χ4n) is 3.66. The molecule has 2 rings (SSSR count). The van der Waals surface area contributed by atoms with E-state index in [0.29, 0.717) is 5.92 Å². The first-order valence-electron chi connectivity index (χ1n) is 10.3. The zero-order chi connectivity index (χ0) is 21.4. The molecule has 0 aromatic heterocycles. The van der Waals surface area contributed by atoms with E-state index in [1.807, 2.05) is 30.3 Å². The Balaban J connectivity index is 2.35. The molecule has 29 heavy (non-hydrogen) atoms. The number of carbonyl (C=O) groups excluding carboxylic acids is 1. The van der Waals surface area contributed by atoms with E-state index in [0.717, 1.165) is 17.5 Å². The van der Waals surface area contributed by atoms with Gasteiger partial charge in [-0.2, -0.15) is 0 Å². The molecule has 0 fully saturated rings. The van der Waals surface area contributed by atoms with Crippen LogP contribution in [0.1, 0.15) is 75.1 Å². The van der Waals surface area contributed by atoms with Crippen LogP contribution in [0.3, 0.4) is 0 Å². The molecular weight excluding hydrogens is 386 g/mol. The van der Waals surface area contributed by atoms with Crippen molar-refractivity contribution in [2.24, 2.45) is 5.92 Å². The lowest BCUT2D eigenvalue weighted by Gasteiger charge is -2.25. The Morgan fingerprint density at radius 2 is 1.66 bits per heavy atom. The average Bonchev–Trinajstić information content (AvgIpc) is 2.72. The summed E-state index contributed by atoms with van der Waals surface area (Å²) in [6, 6.07) is 12.0. The molecule has 3 unspecified atom stereocenters. The van der Waals surface area contributed by atoms with Gasteiger partial charge >= 0.3 is 0 Å². The van der Waals surface area contributed by atoms with Crippen molar-refractivity contribution < 1.29 is 15.0 Å². The maximum absolute atomic E-state index is 12.0. The number of halogens is 1. The summed E-state index contributed by atoms with van der Waals surface area (Å²) >= 11 is 5.67. The highest BCUT2D eigenvalue weighted by molar-refractivity contribution is 6.27. The van der Waals surface area contributed by atoms with Crippen LogP contribution in [0.15, 0.2) is 42.5 Å². The van der Waals surface area contributed by atoms with Gasteiger partial charge in [0.15, 0.2) is 0 Å². The molecule has 0 radical (unpaired) electrons. The van der Waals surface area contributed by atoms with E-state index in [9.17, 15) is 15.0 Å². The van der Waals surface area contributed by atoms with Gasteiger partial charge in [-0.3, -0.25) is 4.79 Å². The van der Waals surface area contributed by atoms with E-state index >= 15 is 0 Å². The number of amides is 1. The van der Waals surface area contributed by atoms with Crippen LogP contribution >= 0.6 is 11.6 Å². The lowest BCUT2D eigenvalue weighted by atomic mass is 9.84. The molecular formula is C24H32ClNO3. The number of hydrogen-bond acceptors (Lipinski definition) is 3. The van der Waals surface area contributed by atoms with Crippen molar-refractivity contribution in [1.82, 2.24) is 5.32 Å². The third-order valence-electron chi connectivity index (χ3n) is 5.65. The zero-order valence-electron chi connectivity index (χ0n) is 17.5. The van der Waals surface area contributed by atoms with E-state index in [1.165, 1.54) is 19.3 Å². The predicted molar refractivity (Wildman–Crippen MR) is 119 cm³/mol. The van der Waals surface area contributed by atoms with E-state index < -0.39 is 6.04 Å². The number of unbranched alkanes of at least 4 members (excludes halogenated alkanes) is 2. The van der Waals surface area contributed by atoms with Gasteiger partial charge in [-0.25, -0.2) is 0 Å². The molecule has 0 aliphatic rings. The van der Waals surface area contributed by atoms with Crippen molar-refractivity contribution in [3.63, 3.8) is 0 Å². The first-order chi connectivity index (χ1) is 13.9. The second-order valence-electron chi connectivity index (χ2n) is 7.78. The first kappa shape index (κ1) is 23.1. The third kappa shape index (κ3) is 6.14. The lowest BCUT2D eigenvalue weighted by Crippen LogP contribution is -2.30. The van der Waals surface area contributed by atoms with Gasteiger partial charge in [0.2, 0.25) is 5.91 Å². The molecule has 0 aliphatic heterocycles. The molecule has 1 amide bonds. The number of aromatic hydroxyl groups is 2. The number of nitrogens with one attached hydrogen (secondary N) is 1. The van der Waals surface area contributed by atoms with Crippen LogP contribution in [0.25, 0.3) is 0 Å². The van der Waals surface area contributed by atoms with Gasteiger partial charge in [0.1, 0.15) is 17.4 Å². The quantitative estimate of drug-likeness (QED) is 0.335. The normalized spacial score (nSPS) is 14.2. The second kappa shape index (κ2) is 11.1. The van der Waals surface area contributed by atoms with Crippen LogP contribution in [0.2, 0.25) is 0 Å². The number of carbonyl (C=O) groups is 1. The Hall–Kier alpha value is -2.20. The summed E-state index contributed by atoms with van der Waals surface area (Å²) in [5, 5.41) is 24.4. The average molecular weight is 418 g/mol. The Kier molecular flexibility index (Phi) is 8.84. The summed E-state index contributed by atoms with van der Waals surface area (Å²) < 4.78 is 0. The number of rotatable bonds is 10. The SMILES string of the molecule is CCCCCC(C)C(C)c1cc(O)c(C(NC(=O)CCl)c2ccccc2)c(O)c1. The van der Waals surface area contributed by atoms with E-state index in [2.05, 4.69) is 26.1 Å². The minimum absolute atomic E-state index is 0.0312. The molecule has 0 saturated carbocycles. The maximum Gasteiger partial charge on any atom is 0.235 e. The smallest absolute Gasteiger partial charge is 0.235 e. The first-order valence-corrected chi connectivity index (χ1v) is 10.9. The summed E-state index contributed by atoms with van der Waals surface area (Å²) in [4.78, 5) is 12.0. The third-order valence-corrected chi connectivity index (χ3v) is 5.89. The lowest BCUT2D eigenvalue weighted by molar-refractivity contribution is -0.119. The summed E-state index contributed by atoms with van der Waals surface area (Å²) in [7, 11) is 0. The monoisotopic (exact) mass is 417 g/mol. The van der Waals surface area contributed by atoms with Gasteiger partial charge in [0.05, 0.1) is 11.6 Å². The van der Waals surface area contributed by atoms with Gasteiger partial charge in [-0.15, -0.1) is 11.6 Å². The molecule has 3 N–H and O–H groups in total. The second-order valence-corrected chi connectivity index (χ2v) is 8.05.